The van der Waals surface area contributed by atoms with Crippen molar-refractivity contribution in [1.82, 2.24) is 4.90 Å². The topological polar surface area (TPSA) is 33.5 Å². The molecule has 0 aliphatic carbocycles. The van der Waals surface area contributed by atoms with Crippen LogP contribution in [0, 0.1) is 5.92 Å². The number of rotatable bonds is 1. The van der Waals surface area contributed by atoms with Crippen molar-refractivity contribution in [2.45, 2.75) is 18.7 Å². The van der Waals surface area contributed by atoms with E-state index in [4.69, 9.17) is 27.6 Å². The second kappa shape index (κ2) is 4.68. The van der Waals surface area contributed by atoms with E-state index in [1.54, 1.807) is 17.0 Å². The fourth-order valence-corrected chi connectivity index (χ4v) is 2.23. The second-order valence-corrected chi connectivity index (χ2v) is 5.07. The molecule has 88 valence electrons. The third kappa shape index (κ3) is 2.36. The van der Waals surface area contributed by atoms with Gasteiger partial charge in [-0.1, -0.05) is 6.92 Å². The molecule has 0 aromatic carbocycles. The smallest absolute Gasteiger partial charge is 0.289 e. The molecule has 1 fully saturated rings. The van der Waals surface area contributed by atoms with Crippen LogP contribution in [0.3, 0.4) is 0 Å². The molecule has 0 radical (unpaired) electrons. The lowest BCUT2D eigenvalue weighted by molar-refractivity contribution is 0.0669. The Morgan fingerprint density at radius 1 is 1.56 bits per heavy atom. The highest BCUT2D eigenvalue weighted by Crippen LogP contribution is 2.24. The first-order chi connectivity index (χ1) is 7.58. The standard InChI is InChI=1S/C11H13Cl2NO2/c1-7-4-5-14(6-8(7)12)11(15)9-2-3-10(13)16-9/h2-3,7-8H,4-6H2,1H3. The number of nitrogens with zero attached hydrogens (tertiary/aromatic N) is 1. The highest BCUT2D eigenvalue weighted by molar-refractivity contribution is 6.29. The summed E-state index contributed by atoms with van der Waals surface area (Å²) < 4.78 is 5.09. The normalized spacial score (nSPS) is 25.8. The summed E-state index contributed by atoms with van der Waals surface area (Å²) in [6.45, 7) is 3.39. The van der Waals surface area contributed by atoms with Gasteiger partial charge in [-0.25, -0.2) is 0 Å². The van der Waals surface area contributed by atoms with Crippen molar-refractivity contribution in [2.75, 3.05) is 13.1 Å². The Hall–Kier alpha value is -0.670. The third-order valence-electron chi connectivity index (χ3n) is 2.94. The summed E-state index contributed by atoms with van der Waals surface area (Å²) in [5.41, 5.74) is 0. The van der Waals surface area contributed by atoms with Crippen molar-refractivity contribution in [3.8, 4) is 0 Å². The lowest BCUT2D eigenvalue weighted by Crippen LogP contribution is -2.43. The Bertz CT molecular complexity index is 391. The van der Waals surface area contributed by atoms with Crippen molar-refractivity contribution in [3.05, 3.63) is 23.1 Å². The van der Waals surface area contributed by atoms with Crippen LogP contribution in [0.5, 0.6) is 0 Å². The summed E-state index contributed by atoms with van der Waals surface area (Å²) in [4.78, 5) is 13.7. The van der Waals surface area contributed by atoms with E-state index in [9.17, 15) is 4.79 Å². The Balaban J connectivity index is 2.06. The average Bonchev–Trinajstić information content (AvgIpc) is 2.68. The van der Waals surface area contributed by atoms with Crippen LogP contribution < -0.4 is 0 Å². The van der Waals surface area contributed by atoms with E-state index in [0.29, 0.717) is 12.5 Å². The van der Waals surface area contributed by atoms with Gasteiger partial charge in [0.2, 0.25) is 0 Å². The average molecular weight is 262 g/mol. The summed E-state index contributed by atoms with van der Waals surface area (Å²) >= 11 is 11.8. The van der Waals surface area contributed by atoms with Crippen molar-refractivity contribution in [2.24, 2.45) is 5.92 Å². The van der Waals surface area contributed by atoms with Gasteiger partial charge in [0.15, 0.2) is 11.0 Å². The van der Waals surface area contributed by atoms with Crippen LogP contribution in [0.1, 0.15) is 23.9 Å². The van der Waals surface area contributed by atoms with Gasteiger partial charge in [0.25, 0.3) is 5.91 Å². The third-order valence-corrected chi connectivity index (χ3v) is 3.71. The maximum absolute atomic E-state index is 12.0. The molecule has 2 atom stereocenters. The predicted octanol–water partition coefficient (Wildman–Crippen LogP) is 3.02. The number of carbonyl (C=O) groups excluding carboxylic acids is 1. The lowest BCUT2D eigenvalue weighted by atomic mass is 9.98. The van der Waals surface area contributed by atoms with Crippen LogP contribution in [0.25, 0.3) is 0 Å². The number of hydrogen-bond acceptors (Lipinski definition) is 2. The molecular weight excluding hydrogens is 249 g/mol. The summed E-state index contributed by atoms with van der Waals surface area (Å²) in [5.74, 6) is 0.596. The molecule has 0 saturated carbocycles. The minimum Gasteiger partial charge on any atom is -0.440 e. The van der Waals surface area contributed by atoms with Crippen LogP contribution in [-0.2, 0) is 0 Å². The van der Waals surface area contributed by atoms with E-state index in [2.05, 4.69) is 6.92 Å². The molecule has 2 heterocycles. The predicted molar refractivity (Wildman–Crippen MR) is 63.0 cm³/mol. The van der Waals surface area contributed by atoms with E-state index < -0.39 is 0 Å². The monoisotopic (exact) mass is 261 g/mol. The van der Waals surface area contributed by atoms with E-state index in [-0.39, 0.29) is 22.3 Å². The van der Waals surface area contributed by atoms with Crippen LogP contribution in [0.15, 0.2) is 16.5 Å². The maximum atomic E-state index is 12.0. The van der Waals surface area contributed by atoms with Crippen molar-refractivity contribution < 1.29 is 9.21 Å². The number of alkyl halides is 1. The maximum Gasteiger partial charge on any atom is 0.289 e. The fourth-order valence-electron chi connectivity index (χ4n) is 1.79. The first kappa shape index (κ1) is 11.8. The minimum absolute atomic E-state index is 0.0168. The molecule has 1 amide bonds. The number of hydrogen-bond donors (Lipinski definition) is 0. The van der Waals surface area contributed by atoms with Crippen LogP contribution in [-0.4, -0.2) is 29.3 Å². The fraction of sp³-hybridized carbons (Fsp3) is 0.545. The lowest BCUT2D eigenvalue weighted by Gasteiger charge is -2.33. The summed E-state index contributed by atoms with van der Waals surface area (Å²) in [6, 6.07) is 3.16. The van der Waals surface area contributed by atoms with Crippen LogP contribution in [0.2, 0.25) is 5.22 Å². The highest BCUT2D eigenvalue weighted by Gasteiger charge is 2.29. The molecule has 1 aromatic heterocycles. The Morgan fingerprint density at radius 3 is 2.88 bits per heavy atom. The van der Waals surface area contributed by atoms with Crippen LogP contribution >= 0.6 is 23.2 Å². The molecule has 2 unspecified atom stereocenters. The van der Waals surface area contributed by atoms with Crippen molar-refractivity contribution in [1.29, 1.82) is 0 Å². The molecule has 1 aliphatic rings. The summed E-state index contributed by atoms with van der Waals surface area (Å²) in [5, 5.41) is 0.249. The number of amides is 1. The molecule has 0 spiro atoms. The zero-order valence-electron chi connectivity index (χ0n) is 8.95. The van der Waals surface area contributed by atoms with Gasteiger partial charge >= 0.3 is 0 Å². The molecular formula is C11H13Cl2NO2. The molecule has 3 nitrogen and oxygen atoms in total. The van der Waals surface area contributed by atoms with Crippen molar-refractivity contribution >= 4 is 29.1 Å². The van der Waals surface area contributed by atoms with Gasteiger partial charge in [0.1, 0.15) is 0 Å². The highest BCUT2D eigenvalue weighted by atomic mass is 35.5. The molecule has 2 rings (SSSR count). The zero-order valence-corrected chi connectivity index (χ0v) is 10.5. The number of carbonyl (C=O) groups is 1. The first-order valence-corrected chi connectivity index (χ1v) is 6.08. The quantitative estimate of drug-likeness (QED) is 0.729. The van der Waals surface area contributed by atoms with E-state index >= 15 is 0 Å². The number of furan rings is 1. The number of piperidine rings is 1. The van der Waals surface area contributed by atoms with Gasteiger partial charge in [-0.2, -0.15) is 0 Å². The minimum atomic E-state index is -0.135. The van der Waals surface area contributed by atoms with Gasteiger partial charge in [-0.05, 0) is 36.1 Å². The molecule has 5 heteroatoms. The first-order valence-electron chi connectivity index (χ1n) is 5.26. The summed E-state index contributed by atoms with van der Waals surface area (Å²) in [6.07, 6.45) is 0.925. The zero-order chi connectivity index (χ0) is 11.7. The van der Waals surface area contributed by atoms with Crippen LogP contribution in [0.4, 0.5) is 0 Å². The Kier molecular flexibility index (Phi) is 3.45. The molecule has 0 bridgehead atoms. The van der Waals surface area contributed by atoms with E-state index in [1.165, 1.54) is 0 Å². The molecule has 1 aromatic rings. The van der Waals surface area contributed by atoms with Gasteiger partial charge in [-0.15, -0.1) is 11.6 Å². The SMILES string of the molecule is CC1CCN(C(=O)c2ccc(Cl)o2)CC1Cl. The Morgan fingerprint density at radius 2 is 2.31 bits per heavy atom. The van der Waals surface area contributed by atoms with Gasteiger partial charge in [-0.3, -0.25) is 4.79 Å². The molecule has 0 N–H and O–H groups in total. The number of likely N-dealkylation sites (tertiary alicyclic amines) is 1. The number of halogens is 2. The van der Waals surface area contributed by atoms with Gasteiger partial charge < -0.3 is 9.32 Å². The molecule has 1 aliphatic heterocycles. The summed E-state index contributed by atoms with van der Waals surface area (Å²) in [7, 11) is 0. The van der Waals surface area contributed by atoms with Gasteiger partial charge in [0.05, 0.1) is 5.38 Å². The van der Waals surface area contributed by atoms with Gasteiger partial charge in [0, 0.05) is 13.1 Å². The van der Waals surface area contributed by atoms with Crippen molar-refractivity contribution in [3.63, 3.8) is 0 Å². The second-order valence-electron chi connectivity index (χ2n) is 4.14. The van der Waals surface area contributed by atoms with E-state index in [0.717, 1.165) is 13.0 Å². The Labute approximate surface area is 104 Å². The van der Waals surface area contributed by atoms with E-state index in [1.807, 2.05) is 0 Å². The molecule has 16 heavy (non-hydrogen) atoms. The largest absolute Gasteiger partial charge is 0.440 e. The molecule has 1 saturated heterocycles.